The third kappa shape index (κ3) is 6.18. The van der Waals surface area contributed by atoms with E-state index in [1.165, 1.54) is 24.3 Å². The van der Waals surface area contributed by atoms with Crippen molar-refractivity contribution >= 4 is 17.5 Å². The Hall–Kier alpha value is -3.87. The molecular weight excluding hydrogens is 445 g/mol. The number of methoxy groups -OCH3 is 1. The van der Waals surface area contributed by atoms with E-state index in [1.807, 2.05) is 48.5 Å². The molecule has 1 aliphatic rings. The number of ether oxygens (including phenoxy) is 1. The van der Waals surface area contributed by atoms with Gasteiger partial charge in [-0.25, -0.2) is 4.39 Å². The van der Waals surface area contributed by atoms with Gasteiger partial charge in [-0.15, -0.1) is 0 Å². The Labute approximate surface area is 205 Å². The standard InChI is InChI=1S/C28H30FN3O3/c1-35-26-9-5-2-6-20(26)14-17-30-28(34)24-7-3-4-8-25(24)32-18-15-23(16-19-32)31-27(33)21-10-12-22(29)13-11-21/h2-13,23H,14-19H2,1H3,(H,30,34)(H,31,33). The Morgan fingerprint density at radius 1 is 0.943 bits per heavy atom. The molecule has 2 amide bonds. The third-order valence-corrected chi connectivity index (χ3v) is 6.30. The lowest BCUT2D eigenvalue weighted by Gasteiger charge is -2.35. The van der Waals surface area contributed by atoms with E-state index < -0.39 is 0 Å². The molecule has 0 bridgehead atoms. The van der Waals surface area contributed by atoms with Crippen molar-refractivity contribution in [3.63, 3.8) is 0 Å². The second kappa shape index (κ2) is 11.5. The monoisotopic (exact) mass is 475 g/mol. The molecule has 182 valence electrons. The highest BCUT2D eigenvalue weighted by Gasteiger charge is 2.24. The maximum absolute atomic E-state index is 13.1. The van der Waals surface area contributed by atoms with E-state index in [1.54, 1.807) is 7.11 Å². The average molecular weight is 476 g/mol. The molecule has 0 spiro atoms. The molecule has 0 atom stereocenters. The van der Waals surface area contributed by atoms with Gasteiger partial charge in [0.1, 0.15) is 11.6 Å². The molecule has 0 radical (unpaired) electrons. The topological polar surface area (TPSA) is 70.7 Å². The van der Waals surface area contributed by atoms with Crippen molar-refractivity contribution in [2.24, 2.45) is 0 Å². The molecule has 1 saturated heterocycles. The van der Waals surface area contributed by atoms with Gasteiger partial charge in [-0.1, -0.05) is 30.3 Å². The Morgan fingerprint density at radius 2 is 1.63 bits per heavy atom. The molecule has 3 aromatic carbocycles. The largest absolute Gasteiger partial charge is 0.496 e. The van der Waals surface area contributed by atoms with E-state index in [4.69, 9.17) is 4.74 Å². The first kappa shape index (κ1) is 24.3. The van der Waals surface area contributed by atoms with Crippen molar-refractivity contribution in [3.05, 3.63) is 95.3 Å². The molecule has 0 aliphatic carbocycles. The van der Waals surface area contributed by atoms with Crippen molar-refractivity contribution in [2.45, 2.75) is 25.3 Å². The summed E-state index contributed by atoms with van der Waals surface area (Å²) < 4.78 is 18.5. The second-order valence-electron chi connectivity index (χ2n) is 8.58. The fraction of sp³-hybridized carbons (Fsp3) is 0.286. The molecule has 3 aromatic rings. The minimum absolute atomic E-state index is 0.0330. The molecule has 7 heteroatoms. The van der Waals surface area contributed by atoms with Crippen LogP contribution in [0.4, 0.5) is 10.1 Å². The number of carbonyl (C=O) groups is 2. The van der Waals surface area contributed by atoms with Gasteiger partial charge in [-0.2, -0.15) is 0 Å². The number of piperidine rings is 1. The number of carbonyl (C=O) groups excluding carboxylic acids is 2. The van der Waals surface area contributed by atoms with Gasteiger partial charge in [0.05, 0.1) is 12.7 Å². The van der Waals surface area contributed by atoms with Crippen LogP contribution < -0.4 is 20.3 Å². The van der Waals surface area contributed by atoms with Crippen LogP contribution in [0.5, 0.6) is 5.75 Å². The summed E-state index contributed by atoms with van der Waals surface area (Å²) in [6, 6.07) is 21.0. The second-order valence-corrected chi connectivity index (χ2v) is 8.58. The van der Waals surface area contributed by atoms with Crippen LogP contribution in [0.15, 0.2) is 72.8 Å². The van der Waals surface area contributed by atoms with Gasteiger partial charge in [0.15, 0.2) is 0 Å². The lowest BCUT2D eigenvalue weighted by atomic mass is 10.0. The highest BCUT2D eigenvalue weighted by atomic mass is 19.1. The van der Waals surface area contributed by atoms with Gasteiger partial charge < -0.3 is 20.3 Å². The first-order chi connectivity index (χ1) is 17.0. The van der Waals surface area contributed by atoms with Crippen molar-refractivity contribution < 1.29 is 18.7 Å². The van der Waals surface area contributed by atoms with Crippen molar-refractivity contribution in [2.75, 3.05) is 31.6 Å². The van der Waals surface area contributed by atoms with Crippen molar-refractivity contribution in [3.8, 4) is 5.75 Å². The molecular formula is C28H30FN3O3. The van der Waals surface area contributed by atoms with Gasteiger partial charge in [-0.05, 0) is 67.3 Å². The highest BCUT2D eigenvalue weighted by Crippen LogP contribution is 2.25. The molecule has 1 fully saturated rings. The SMILES string of the molecule is COc1ccccc1CCNC(=O)c1ccccc1N1CCC(NC(=O)c2ccc(F)cc2)CC1. The molecule has 1 heterocycles. The van der Waals surface area contributed by atoms with Crippen LogP contribution >= 0.6 is 0 Å². The minimum Gasteiger partial charge on any atom is -0.496 e. The number of hydrogen-bond acceptors (Lipinski definition) is 4. The number of rotatable bonds is 8. The number of hydrogen-bond donors (Lipinski definition) is 2. The summed E-state index contributed by atoms with van der Waals surface area (Å²) in [6.07, 6.45) is 2.20. The van der Waals surface area contributed by atoms with E-state index in [2.05, 4.69) is 15.5 Å². The normalized spacial score (nSPS) is 13.8. The summed E-state index contributed by atoms with van der Waals surface area (Å²) in [7, 11) is 1.64. The smallest absolute Gasteiger partial charge is 0.253 e. The Kier molecular flexibility index (Phi) is 7.98. The van der Waals surface area contributed by atoms with Crippen LogP contribution in [0.25, 0.3) is 0 Å². The van der Waals surface area contributed by atoms with Crippen LogP contribution in [-0.2, 0) is 6.42 Å². The lowest BCUT2D eigenvalue weighted by Crippen LogP contribution is -2.45. The van der Waals surface area contributed by atoms with Gasteiger partial charge >= 0.3 is 0 Å². The molecule has 35 heavy (non-hydrogen) atoms. The average Bonchev–Trinajstić information content (AvgIpc) is 2.89. The zero-order chi connectivity index (χ0) is 24.6. The van der Waals surface area contributed by atoms with E-state index in [0.29, 0.717) is 24.1 Å². The van der Waals surface area contributed by atoms with Crippen LogP contribution in [0.2, 0.25) is 0 Å². The summed E-state index contributed by atoms with van der Waals surface area (Å²) in [5.41, 5.74) is 3.03. The summed E-state index contributed by atoms with van der Waals surface area (Å²) in [5, 5.41) is 6.07. The fourth-order valence-electron chi connectivity index (χ4n) is 4.39. The number of amides is 2. The number of nitrogens with one attached hydrogen (secondary N) is 2. The number of anilines is 1. The number of para-hydroxylation sites is 2. The van der Waals surface area contributed by atoms with Crippen LogP contribution in [0.3, 0.4) is 0 Å². The van der Waals surface area contributed by atoms with E-state index in [-0.39, 0.29) is 23.7 Å². The maximum atomic E-state index is 13.1. The summed E-state index contributed by atoms with van der Waals surface area (Å²) in [5.74, 6) is 0.148. The van der Waals surface area contributed by atoms with Gasteiger partial charge in [0.2, 0.25) is 0 Å². The van der Waals surface area contributed by atoms with Gasteiger partial charge in [-0.3, -0.25) is 9.59 Å². The van der Waals surface area contributed by atoms with Crippen LogP contribution in [-0.4, -0.2) is 44.6 Å². The lowest BCUT2D eigenvalue weighted by molar-refractivity contribution is 0.0929. The van der Waals surface area contributed by atoms with E-state index in [9.17, 15) is 14.0 Å². The Balaban J connectivity index is 1.32. The van der Waals surface area contributed by atoms with Gasteiger partial charge in [0.25, 0.3) is 11.8 Å². The number of halogens is 1. The van der Waals surface area contributed by atoms with Crippen molar-refractivity contribution in [1.29, 1.82) is 0 Å². The Bertz CT molecular complexity index is 1160. The summed E-state index contributed by atoms with van der Waals surface area (Å²) in [6.45, 7) is 1.95. The van der Waals surface area contributed by atoms with E-state index in [0.717, 1.165) is 42.9 Å². The summed E-state index contributed by atoms with van der Waals surface area (Å²) >= 11 is 0. The zero-order valence-electron chi connectivity index (χ0n) is 19.8. The maximum Gasteiger partial charge on any atom is 0.253 e. The molecule has 0 saturated carbocycles. The molecule has 2 N–H and O–H groups in total. The summed E-state index contributed by atoms with van der Waals surface area (Å²) in [4.78, 5) is 27.6. The molecule has 6 nitrogen and oxygen atoms in total. The first-order valence-corrected chi connectivity index (χ1v) is 11.9. The molecule has 4 rings (SSSR count). The molecule has 0 aromatic heterocycles. The number of benzene rings is 3. The third-order valence-electron chi connectivity index (χ3n) is 6.30. The molecule has 1 aliphatic heterocycles. The zero-order valence-corrected chi connectivity index (χ0v) is 19.8. The quantitative estimate of drug-likeness (QED) is 0.512. The predicted octanol–water partition coefficient (Wildman–Crippen LogP) is 4.21. The highest BCUT2D eigenvalue weighted by molar-refractivity contribution is 6.00. The van der Waals surface area contributed by atoms with Crippen LogP contribution in [0.1, 0.15) is 39.1 Å². The minimum atomic E-state index is -0.364. The fourth-order valence-corrected chi connectivity index (χ4v) is 4.39. The predicted molar refractivity (Wildman–Crippen MR) is 135 cm³/mol. The van der Waals surface area contributed by atoms with Crippen molar-refractivity contribution in [1.82, 2.24) is 10.6 Å². The Morgan fingerprint density at radius 3 is 2.37 bits per heavy atom. The van der Waals surface area contributed by atoms with Crippen LogP contribution in [0, 0.1) is 5.82 Å². The van der Waals surface area contributed by atoms with E-state index >= 15 is 0 Å². The first-order valence-electron chi connectivity index (χ1n) is 11.9. The van der Waals surface area contributed by atoms with Gasteiger partial charge in [0, 0.05) is 36.9 Å². The molecule has 0 unspecified atom stereocenters. The number of nitrogens with zero attached hydrogens (tertiary/aromatic N) is 1.